The standard InChI is InChI=1S/C22H35N7O3S/c1-14(2)25-21(30)32-17-9-7-15(11-17)18-12-20(29(27-18)22(3,4)5)26-19-10-8-16(13-24-19)28-33(6,23)31/h8,10,12-15,17H,7,9,11H2,1-6H3,(H,24,26)(H,25,30)(H2,23,28,31)/t15-,17+,33?/m0/s1. The SMILES string of the molecule is CC(C)NC(=O)O[C@@H]1CC[C@H](c2cc(Nc3ccc(NS(C)(=N)=O)cn3)n(C(C)(C)C)n2)C1. The molecule has 3 rings (SSSR count). The smallest absolute Gasteiger partial charge is 0.407 e. The average molecular weight is 478 g/mol. The normalized spacial score (nSPS) is 20.3. The van der Waals surface area contributed by atoms with Crippen molar-refractivity contribution in [2.75, 3.05) is 16.3 Å². The molecule has 182 valence electrons. The molecule has 2 heterocycles. The highest BCUT2D eigenvalue weighted by Gasteiger charge is 2.32. The van der Waals surface area contributed by atoms with Crippen molar-refractivity contribution < 1.29 is 13.7 Å². The number of ether oxygens (including phenoxy) is 1. The molecule has 1 aliphatic rings. The van der Waals surface area contributed by atoms with E-state index in [1.54, 1.807) is 18.3 Å². The van der Waals surface area contributed by atoms with Gasteiger partial charge in [0.2, 0.25) is 0 Å². The van der Waals surface area contributed by atoms with Crippen molar-refractivity contribution in [2.24, 2.45) is 0 Å². The number of anilines is 3. The first-order valence-corrected chi connectivity index (χ1v) is 13.1. The van der Waals surface area contributed by atoms with Gasteiger partial charge < -0.3 is 15.4 Å². The van der Waals surface area contributed by atoms with E-state index in [4.69, 9.17) is 14.6 Å². The molecule has 0 saturated heterocycles. The number of amides is 1. The number of pyridine rings is 1. The van der Waals surface area contributed by atoms with Gasteiger partial charge in [0.25, 0.3) is 0 Å². The molecular formula is C22H35N7O3S. The van der Waals surface area contributed by atoms with Gasteiger partial charge in [-0.15, -0.1) is 0 Å². The zero-order chi connectivity index (χ0) is 24.4. The lowest BCUT2D eigenvalue weighted by atomic mass is 10.0. The summed E-state index contributed by atoms with van der Waals surface area (Å²) in [7, 11) is -2.86. The Bertz CT molecular complexity index is 1070. The summed E-state index contributed by atoms with van der Waals surface area (Å²) in [5.41, 5.74) is 1.22. The minimum atomic E-state index is -2.86. The fourth-order valence-corrected chi connectivity index (χ4v) is 4.39. The van der Waals surface area contributed by atoms with Gasteiger partial charge in [0.15, 0.2) is 0 Å². The lowest BCUT2D eigenvalue weighted by Gasteiger charge is -2.22. The van der Waals surface area contributed by atoms with Gasteiger partial charge >= 0.3 is 6.09 Å². The maximum atomic E-state index is 11.9. The Morgan fingerprint density at radius 3 is 2.61 bits per heavy atom. The molecule has 4 N–H and O–H groups in total. The molecule has 0 spiro atoms. The molecule has 0 aliphatic heterocycles. The van der Waals surface area contributed by atoms with Gasteiger partial charge in [-0.3, -0.25) is 4.72 Å². The fourth-order valence-electron chi connectivity index (χ4n) is 3.82. The zero-order valence-electron chi connectivity index (χ0n) is 20.1. The van der Waals surface area contributed by atoms with E-state index in [9.17, 15) is 9.00 Å². The first-order chi connectivity index (χ1) is 15.3. The van der Waals surface area contributed by atoms with Crippen molar-refractivity contribution in [3.05, 3.63) is 30.1 Å². The maximum Gasteiger partial charge on any atom is 0.407 e. The van der Waals surface area contributed by atoms with Crippen molar-refractivity contribution >= 4 is 33.3 Å². The summed E-state index contributed by atoms with van der Waals surface area (Å²) in [5.74, 6) is 1.63. The van der Waals surface area contributed by atoms with E-state index in [1.807, 2.05) is 24.6 Å². The molecule has 0 aromatic carbocycles. The zero-order valence-corrected chi connectivity index (χ0v) is 21.0. The lowest BCUT2D eigenvalue weighted by molar-refractivity contribution is 0.0981. The number of nitrogens with one attached hydrogen (secondary N) is 4. The number of aromatic nitrogens is 3. The van der Waals surface area contributed by atoms with Crippen LogP contribution in [0.3, 0.4) is 0 Å². The van der Waals surface area contributed by atoms with Crippen LogP contribution in [-0.2, 0) is 20.2 Å². The number of alkyl carbamates (subject to hydrolysis) is 1. The third-order valence-corrected chi connectivity index (χ3v) is 5.80. The summed E-state index contributed by atoms with van der Waals surface area (Å²) in [6.07, 6.45) is 4.84. The third kappa shape index (κ3) is 7.08. The monoisotopic (exact) mass is 477 g/mol. The minimum Gasteiger partial charge on any atom is -0.446 e. The Hall–Kier alpha value is -2.82. The van der Waals surface area contributed by atoms with Crippen LogP contribution in [0.2, 0.25) is 0 Å². The predicted molar refractivity (Wildman–Crippen MR) is 130 cm³/mol. The molecule has 1 fully saturated rings. The van der Waals surface area contributed by atoms with Crippen LogP contribution in [0.25, 0.3) is 0 Å². The quantitative estimate of drug-likeness (QED) is 0.462. The highest BCUT2D eigenvalue weighted by molar-refractivity contribution is 7.93. The van der Waals surface area contributed by atoms with Crippen LogP contribution < -0.4 is 15.4 Å². The van der Waals surface area contributed by atoms with Gasteiger partial charge in [-0.25, -0.2) is 23.4 Å². The second-order valence-corrected chi connectivity index (χ2v) is 11.8. The summed E-state index contributed by atoms with van der Waals surface area (Å²) in [6, 6.07) is 5.57. The molecule has 2 aromatic rings. The van der Waals surface area contributed by atoms with Crippen LogP contribution in [0.15, 0.2) is 24.4 Å². The molecule has 11 heteroatoms. The van der Waals surface area contributed by atoms with E-state index in [1.165, 1.54) is 6.26 Å². The van der Waals surface area contributed by atoms with Crippen molar-refractivity contribution in [3.63, 3.8) is 0 Å². The fraction of sp³-hybridized carbons (Fsp3) is 0.591. The Balaban J connectivity index is 1.73. The molecule has 1 amide bonds. The van der Waals surface area contributed by atoms with Gasteiger partial charge in [0.1, 0.15) is 27.7 Å². The van der Waals surface area contributed by atoms with Crippen molar-refractivity contribution in [3.8, 4) is 0 Å². The first kappa shape index (κ1) is 24.8. The Labute approximate surface area is 196 Å². The van der Waals surface area contributed by atoms with Crippen molar-refractivity contribution in [1.82, 2.24) is 20.1 Å². The Morgan fingerprint density at radius 2 is 2.03 bits per heavy atom. The molecule has 2 aromatic heterocycles. The third-order valence-electron chi connectivity index (χ3n) is 5.18. The van der Waals surface area contributed by atoms with Crippen LogP contribution in [0, 0.1) is 4.78 Å². The number of nitrogens with zero attached hydrogens (tertiary/aromatic N) is 3. The van der Waals surface area contributed by atoms with E-state index < -0.39 is 9.92 Å². The second-order valence-electron chi connectivity index (χ2n) is 9.88. The Morgan fingerprint density at radius 1 is 1.30 bits per heavy atom. The van der Waals surface area contributed by atoms with Gasteiger partial charge in [0, 0.05) is 24.3 Å². The van der Waals surface area contributed by atoms with Crippen molar-refractivity contribution in [2.45, 2.75) is 77.5 Å². The van der Waals surface area contributed by atoms with E-state index in [0.29, 0.717) is 11.5 Å². The van der Waals surface area contributed by atoms with E-state index >= 15 is 0 Å². The molecule has 0 bridgehead atoms. The maximum absolute atomic E-state index is 11.9. The summed E-state index contributed by atoms with van der Waals surface area (Å²) in [6.45, 7) is 10.1. The number of carbonyl (C=O) groups is 1. The van der Waals surface area contributed by atoms with E-state index in [0.717, 1.165) is 30.8 Å². The van der Waals surface area contributed by atoms with Crippen LogP contribution in [0.5, 0.6) is 0 Å². The van der Waals surface area contributed by atoms with Crippen LogP contribution >= 0.6 is 0 Å². The number of hydrogen-bond acceptors (Lipinski definition) is 7. The van der Waals surface area contributed by atoms with Gasteiger partial charge in [-0.1, -0.05) is 0 Å². The van der Waals surface area contributed by atoms with E-state index in [-0.39, 0.29) is 29.7 Å². The highest BCUT2D eigenvalue weighted by Crippen LogP contribution is 2.37. The topological polar surface area (TPSA) is 134 Å². The highest BCUT2D eigenvalue weighted by atomic mass is 32.2. The molecule has 3 atom stereocenters. The molecule has 1 unspecified atom stereocenters. The first-order valence-electron chi connectivity index (χ1n) is 11.1. The average Bonchev–Trinajstić information content (AvgIpc) is 3.28. The molecule has 10 nitrogen and oxygen atoms in total. The van der Waals surface area contributed by atoms with Gasteiger partial charge in [0.05, 0.1) is 23.1 Å². The van der Waals surface area contributed by atoms with Gasteiger partial charge in [-0.05, 0) is 66.0 Å². The molecule has 33 heavy (non-hydrogen) atoms. The van der Waals surface area contributed by atoms with Crippen molar-refractivity contribution in [1.29, 1.82) is 4.78 Å². The van der Waals surface area contributed by atoms with Gasteiger partial charge in [-0.2, -0.15) is 5.10 Å². The number of hydrogen-bond donors (Lipinski definition) is 4. The largest absolute Gasteiger partial charge is 0.446 e. The Kier molecular flexibility index (Phi) is 7.20. The molecule has 0 radical (unpaired) electrons. The minimum absolute atomic E-state index is 0.0438. The summed E-state index contributed by atoms with van der Waals surface area (Å²) < 4.78 is 29.2. The molecular weight excluding hydrogens is 442 g/mol. The van der Waals surface area contributed by atoms with E-state index in [2.05, 4.69) is 41.1 Å². The van der Waals surface area contributed by atoms with Crippen LogP contribution in [0.1, 0.15) is 65.5 Å². The summed E-state index contributed by atoms with van der Waals surface area (Å²) >= 11 is 0. The molecule has 1 saturated carbocycles. The lowest BCUT2D eigenvalue weighted by Crippen LogP contribution is -2.33. The van der Waals surface area contributed by atoms with Crippen LogP contribution in [-0.4, -0.2) is 43.5 Å². The number of rotatable bonds is 7. The predicted octanol–water partition coefficient (Wildman–Crippen LogP) is 4.55. The number of carbonyl (C=O) groups excluding carboxylic acids is 1. The summed E-state index contributed by atoms with van der Waals surface area (Å²) in [4.78, 5) is 16.3. The second kappa shape index (κ2) is 9.58. The van der Waals surface area contributed by atoms with Crippen LogP contribution in [0.4, 0.5) is 22.1 Å². The molecule has 1 aliphatic carbocycles. The summed E-state index contributed by atoms with van der Waals surface area (Å²) in [5, 5.41) is 11.0.